The molecule has 2 amide bonds. The van der Waals surface area contributed by atoms with Crippen molar-refractivity contribution in [1.29, 1.82) is 0 Å². The number of rotatable bonds is 10. The summed E-state index contributed by atoms with van der Waals surface area (Å²) < 4.78 is 27.0. The Morgan fingerprint density at radius 2 is 1.68 bits per heavy atom. The molecule has 0 fully saturated rings. The fourth-order valence-corrected chi connectivity index (χ4v) is 4.77. The fraction of sp³-hybridized carbons (Fsp3) is 0.391. The van der Waals surface area contributed by atoms with E-state index in [2.05, 4.69) is 27.9 Å². The quantitative estimate of drug-likeness (QED) is 0.387. The molecule has 0 aliphatic carbocycles. The van der Waals surface area contributed by atoms with Crippen molar-refractivity contribution in [2.24, 2.45) is 5.92 Å². The van der Waals surface area contributed by atoms with Crippen LogP contribution >= 0.6 is 45.8 Å². The summed E-state index contributed by atoms with van der Waals surface area (Å²) in [6, 6.07) is 10.8. The van der Waals surface area contributed by atoms with E-state index in [4.69, 9.17) is 23.2 Å². The Morgan fingerprint density at radius 3 is 2.21 bits per heavy atom. The highest BCUT2D eigenvalue weighted by Crippen LogP contribution is 2.24. The van der Waals surface area contributed by atoms with Crippen LogP contribution in [0.1, 0.15) is 26.3 Å². The second-order valence-electron chi connectivity index (χ2n) is 8.32. The molecule has 0 aromatic heterocycles. The third-order valence-corrected chi connectivity index (χ3v) is 7.45. The minimum atomic E-state index is -3.77. The highest BCUT2D eigenvalue weighted by atomic mass is 127. The molecule has 2 rings (SSSR count). The van der Waals surface area contributed by atoms with Gasteiger partial charge in [0.25, 0.3) is 0 Å². The van der Waals surface area contributed by atoms with Crippen molar-refractivity contribution in [3.05, 3.63) is 61.6 Å². The van der Waals surface area contributed by atoms with Gasteiger partial charge in [0.1, 0.15) is 12.6 Å². The van der Waals surface area contributed by atoms with Crippen LogP contribution in [-0.4, -0.2) is 50.5 Å². The van der Waals surface area contributed by atoms with Gasteiger partial charge in [0.05, 0.1) is 11.9 Å². The van der Waals surface area contributed by atoms with E-state index in [-0.39, 0.29) is 18.4 Å². The third-order valence-electron chi connectivity index (χ3n) is 5.00. The number of nitrogens with one attached hydrogen (secondary N) is 1. The minimum Gasteiger partial charge on any atom is -0.354 e. The van der Waals surface area contributed by atoms with E-state index in [1.54, 1.807) is 49.4 Å². The number of hydrogen-bond donors (Lipinski definition) is 1. The van der Waals surface area contributed by atoms with Crippen molar-refractivity contribution >= 4 is 73.3 Å². The normalized spacial score (nSPS) is 12.4. The molecule has 7 nitrogen and oxygen atoms in total. The van der Waals surface area contributed by atoms with Gasteiger partial charge in [0, 0.05) is 26.7 Å². The zero-order chi connectivity index (χ0) is 25.6. The molecule has 0 spiro atoms. The average Bonchev–Trinajstić information content (AvgIpc) is 2.74. The summed E-state index contributed by atoms with van der Waals surface area (Å²) in [5.41, 5.74) is 0.945. The number of carbonyl (C=O) groups excluding carboxylic acids is 2. The van der Waals surface area contributed by atoms with E-state index in [1.165, 1.54) is 4.90 Å². The van der Waals surface area contributed by atoms with E-state index in [9.17, 15) is 18.0 Å². The second-order valence-corrected chi connectivity index (χ2v) is 12.3. The van der Waals surface area contributed by atoms with Gasteiger partial charge in [0.2, 0.25) is 21.8 Å². The summed E-state index contributed by atoms with van der Waals surface area (Å²) >= 11 is 14.4. The van der Waals surface area contributed by atoms with E-state index in [0.717, 1.165) is 14.1 Å². The van der Waals surface area contributed by atoms with Crippen molar-refractivity contribution in [1.82, 2.24) is 10.2 Å². The number of hydrogen-bond acceptors (Lipinski definition) is 4. The maximum atomic E-state index is 13.5. The van der Waals surface area contributed by atoms with Gasteiger partial charge >= 0.3 is 0 Å². The predicted octanol–water partition coefficient (Wildman–Crippen LogP) is 4.55. The number of benzene rings is 2. The molecule has 0 saturated carbocycles. The van der Waals surface area contributed by atoms with Crippen LogP contribution in [0.3, 0.4) is 0 Å². The highest BCUT2D eigenvalue weighted by Gasteiger charge is 2.30. The number of carbonyl (C=O) groups is 2. The lowest BCUT2D eigenvalue weighted by molar-refractivity contribution is -0.139. The minimum absolute atomic E-state index is 0.00932. The summed E-state index contributed by atoms with van der Waals surface area (Å²) in [6.07, 6.45) is 1.04. The van der Waals surface area contributed by atoms with Gasteiger partial charge in [-0.15, -0.1) is 0 Å². The zero-order valence-corrected chi connectivity index (χ0v) is 23.9. The van der Waals surface area contributed by atoms with Gasteiger partial charge in [-0.3, -0.25) is 13.9 Å². The molecule has 0 bridgehead atoms. The average molecular weight is 640 g/mol. The van der Waals surface area contributed by atoms with E-state index >= 15 is 0 Å². The molecule has 0 radical (unpaired) electrons. The molecular formula is C23H28Cl2IN3O4S. The number of halogens is 3. The topological polar surface area (TPSA) is 86.8 Å². The smallest absolute Gasteiger partial charge is 0.244 e. The molecule has 0 aliphatic rings. The molecule has 34 heavy (non-hydrogen) atoms. The lowest BCUT2D eigenvalue weighted by Crippen LogP contribution is -2.51. The van der Waals surface area contributed by atoms with Crippen molar-refractivity contribution in [2.75, 3.05) is 23.7 Å². The lowest BCUT2D eigenvalue weighted by atomic mass is 10.1. The largest absolute Gasteiger partial charge is 0.354 e. The molecule has 0 saturated heterocycles. The Hall–Kier alpha value is -1.56. The van der Waals surface area contributed by atoms with Gasteiger partial charge < -0.3 is 10.2 Å². The summed E-state index contributed by atoms with van der Waals surface area (Å²) in [7, 11) is -3.77. The molecule has 1 N–H and O–H groups in total. The van der Waals surface area contributed by atoms with E-state index < -0.39 is 28.5 Å². The Bertz CT molecular complexity index is 1130. The Labute approximate surface area is 225 Å². The molecule has 11 heteroatoms. The molecule has 1 atom stereocenters. The summed E-state index contributed by atoms with van der Waals surface area (Å²) in [6.45, 7) is 5.53. The maximum absolute atomic E-state index is 13.5. The van der Waals surface area contributed by atoms with Crippen molar-refractivity contribution in [3.63, 3.8) is 0 Å². The SMILES string of the molecule is CC(C)CNC(=O)C(C)N(Cc1ccc(Cl)cc1Cl)C(=O)CN(c1ccc(I)cc1)S(C)(=O)=O. The van der Waals surface area contributed by atoms with Crippen LogP contribution in [0, 0.1) is 9.49 Å². The number of sulfonamides is 1. The van der Waals surface area contributed by atoms with Crippen molar-refractivity contribution in [2.45, 2.75) is 33.4 Å². The monoisotopic (exact) mass is 639 g/mol. The van der Waals surface area contributed by atoms with Crippen LogP contribution in [0.2, 0.25) is 10.0 Å². The third kappa shape index (κ3) is 8.28. The van der Waals surface area contributed by atoms with Crippen LogP contribution in [0.5, 0.6) is 0 Å². The van der Waals surface area contributed by atoms with Crippen LogP contribution in [-0.2, 0) is 26.2 Å². The molecule has 1 unspecified atom stereocenters. The first kappa shape index (κ1) is 28.7. The summed E-state index contributed by atoms with van der Waals surface area (Å²) in [5, 5.41) is 3.61. The Morgan fingerprint density at radius 1 is 1.06 bits per heavy atom. The molecule has 2 aromatic carbocycles. The first-order valence-electron chi connectivity index (χ1n) is 10.5. The van der Waals surface area contributed by atoms with Crippen molar-refractivity contribution in [3.8, 4) is 0 Å². The molecular weight excluding hydrogens is 612 g/mol. The van der Waals surface area contributed by atoms with E-state index in [1.807, 2.05) is 13.8 Å². The predicted molar refractivity (Wildman–Crippen MR) is 146 cm³/mol. The molecule has 2 aromatic rings. The van der Waals surface area contributed by atoms with Gasteiger partial charge in [-0.1, -0.05) is 43.1 Å². The molecule has 0 heterocycles. The van der Waals surface area contributed by atoms with Gasteiger partial charge in [0.15, 0.2) is 0 Å². The van der Waals surface area contributed by atoms with Gasteiger partial charge in [-0.25, -0.2) is 8.42 Å². The number of nitrogens with zero attached hydrogens (tertiary/aromatic N) is 2. The number of anilines is 1. The maximum Gasteiger partial charge on any atom is 0.244 e. The zero-order valence-electron chi connectivity index (χ0n) is 19.4. The first-order valence-corrected chi connectivity index (χ1v) is 14.2. The van der Waals surface area contributed by atoms with Crippen molar-refractivity contribution < 1.29 is 18.0 Å². The number of amides is 2. The van der Waals surface area contributed by atoms with Gasteiger partial charge in [-0.05, 0) is 77.4 Å². The standard InChI is InChI=1S/C23H28Cl2IN3O4S/c1-15(2)12-27-23(31)16(3)28(13-17-5-6-18(24)11-21(17)25)22(30)14-29(34(4,32)33)20-9-7-19(26)8-10-20/h5-11,15-16H,12-14H2,1-4H3,(H,27,31). The Balaban J connectivity index is 2.39. The second kappa shape index (κ2) is 12.4. The molecule has 186 valence electrons. The summed E-state index contributed by atoms with van der Waals surface area (Å²) in [4.78, 5) is 27.6. The molecule has 0 aliphatic heterocycles. The van der Waals surface area contributed by atoms with Gasteiger partial charge in [-0.2, -0.15) is 0 Å². The first-order chi connectivity index (χ1) is 15.8. The fourth-order valence-electron chi connectivity index (χ4n) is 3.09. The van der Waals surface area contributed by atoms with Crippen LogP contribution in [0.25, 0.3) is 0 Å². The lowest BCUT2D eigenvalue weighted by Gasteiger charge is -2.32. The van der Waals surface area contributed by atoms with Crippen LogP contribution in [0.4, 0.5) is 5.69 Å². The van der Waals surface area contributed by atoms with Crippen LogP contribution in [0.15, 0.2) is 42.5 Å². The highest BCUT2D eigenvalue weighted by molar-refractivity contribution is 14.1. The summed E-state index contributed by atoms with van der Waals surface area (Å²) in [5.74, 6) is -0.651. The Kier molecular flexibility index (Phi) is 10.5. The van der Waals surface area contributed by atoms with E-state index in [0.29, 0.717) is 27.8 Å². The van der Waals surface area contributed by atoms with Crippen LogP contribution < -0.4 is 9.62 Å².